The van der Waals surface area contributed by atoms with Gasteiger partial charge < -0.3 is 9.32 Å². The molecule has 12 rings (SSSR count). The largest absolute Gasteiger partial charge is 0.456 e. The Bertz CT molecular complexity index is 3590. The molecule has 12 aromatic rings. The molecule has 0 saturated carbocycles. The molecule has 2 heterocycles. The standard InChI is InChI=1S/C60H39NOS/c1-4-15-42(16-5-1)49-21-10-12-24-55(49)61(47-19-8-3-9-20-47)48-34-31-40(32-35-48)45-33-36-52-57(39-45)62-56-25-14-23-50(59(52)56)44-29-27-41(28-30-44)46-37-53(43-17-6-2-7-18-43)60-54(38-46)51-22-11-13-26-58(51)63-60/h1-39H. The summed E-state index contributed by atoms with van der Waals surface area (Å²) in [5.74, 6) is 0. The number of rotatable bonds is 8. The van der Waals surface area contributed by atoms with Gasteiger partial charge in [0, 0.05) is 53.4 Å². The molecule has 0 atom stereocenters. The third kappa shape index (κ3) is 6.58. The maximum absolute atomic E-state index is 6.62. The molecule has 0 spiro atoms. The zero-order valence-corrected chi connectivity index (χ0v) is 35.1. The average Bonchev–Trinajstić information content (AvgIpc) is 3.93. The predicted molar refractivity (Wildman–Crippen MR) is 268 cm³/mol. The van der Waals surface area contributed by atoms with Gasteiger partial charge in [0.2, 0.25) is 0 Å². The van der Waals surface area contributed by atoms with Gasteiger partial charge in [0.1, 0.15) is 11.2 Å². The van der Waals surface area contributed by atoms with Crippen LogP contribution in [0.15, 0.2) is 241 Å². The van der Waals surface area contributed by atoms with Gasteiger partial charge in [-0.2, -0.15) is 0 Å². The van der Waals surface area contributed by atoms with Crippen molar-refractivity contribution in [3.8, 4) is 55.6 Å². The molecule has 0 fully saturated rings. The lowest BCUT2D eigenvalue weighted by molar-refractivity contribution is 0.669. The first-order valence-electron chi connectivity index (χ1n) is 21.4. The van der Waals surface area contributed by atoms with Crippen molar-refractivity contribution >= 4 is 70.5 Å². The Balaban J connectivity index is 0.884. The molecule has 0 aliphatic rings. The lowest BCUT2D eigenvalue weighted by Gasteiger charge is -2.28. The van der Waals surface area contributed by atoms with Crippen molar-refractivity contribution in [1.29, 1.82) is 0 Å². The summed E-state index contributed by atoms with van der Waals surface area (Å²) < 4.78 is 9.26. The van der Waals surface area contributed by atoms with Crippen LogP contribution >= 0.6 is 11.3 Å². The Labute approximate surface area is 370 Å². The molecule has 2 aromatic heterocycles. The molecule has 10 aromatic carbocycles. The van der Waals surface area contributed by atoms with E-state index in [0.29, 0.717) is 0 Å². The van der Waals surface area contributed by atoms with E-state index in [1.165, 1.54) is 53.6 Å². The smallest absolute Gasteiger partial charge is 0.136 e. The summed E-state index contributed by atoms with van der Waals surface area (Å²) in [6.07, 6.45) is 0. The highest BCUT2D eigenvalue weighted by atomic mass is 32.1. The van der Waals surface area contributed by atoms with Gasteiger partial charge in [0.25, 0.3) is 0 Å². The fourth-order valence-electron chi connectivity index (χ4n) is 9.25. The summed E-state index contributed by atoms with van der Waals surface area (Å²) in [6, 6.07) is 85.1. The zero-order chi connectivity index (χ0) is 41.7. The molecule has 296 valence electrons. The monoisotopic (exact) mass is 821 g/mol. The van der Waals surface area contributed by atoms with Gasteiger partial charge in [-0.15, -0.1) is 11.3 Å². The lowest BCUT2D eigenvalue weighted by Crippen LogP contribution is -2.11. The quantitative estimate of drug-likeness (QED) is 0.152. The van der Waals surface area contributed by atoms with Crippen molar-refractivity contribution in [2.45, 2.75) is 0 Å². The van der Waals surface area contributed by atoms with Crippen LogP contribution in [0, 0.1) is 0 Å². The molecule has 2 nitrogen and oxygen atoms in total. The normalized spacial score (nSPS) is 11.5. The molecular formula is C60H39NOS. The highest BCUT2D eigenvalue weighted by Gasteiger charge is 2.19. The molecule has 0 bridgehead atoms. The maximum Gasteiger partial charge on any atom is 0.136 e. The van der Waals surface area contributed by atoms with Crippen molar-refractivity contribution in [3.63, 3.8) is 0 Å². The number of furan rings is 1. The van der Waals surface area contributed by atoms with Gasteiger partial charge in [-0.25, -0.2) is 0 Å². The van der Waals surface area contributed by atoms with E-state index < -0.39 is 0 Å². The van der Waals surface area contributed by atoms with Crippen molar-refractivity contribution in [3.05, 3.63) is 237 Å². The zero-order valence-electron chi connectivity index (χ0n) is 34.3. The third-order valence-corrected chi connectivity index (χ3v) is 13.5. The molecule has 0 amide bonds. The number of benzene rings is 10. The van der Waals surface area contributed by atoms with E-state index in [0.717, 1.165) is 61.3 Å². The van der Waals surface area contributed by atoms with Crippen LogP contribution in [-0.2, 0) is 0 Å². The maximum atomic E-state index is 6.62. The summed E-state index contributed by atoms with van der Waals surface area (Å²) in [7, 11) is 0. The highest BCUT2D eigenvalue weighted by molar-refractivity contribution is 7.26. The van der Waals surface area contributed by atoms with Crippen molar-refractivity contribution in [2.75, 3.05) is 4.90 Å². The van der Waals surface area contributed by atoms with Crippen LogP contribution in [0.25, 0.3) is 97.7 Å². The number of hydrogen-bond acceptors (Lipinski definition) is 3. The number of para-hydroxylation sites is 2. The van der Waals surface area contributed by atoms with E-state index in [1.54, 1.807) is 0 Å². The van der Waals surface area contributed by atoms with Crippen LogP contribution < -0.4 is 4.90 Å². The Morgan fingerprint density at radius 2 is 0.889 bits per heavy atom. The van der Waals surface area contributed by atoms with E-state index in [4.69, 9.17) is 4.42 Å². The minimum Gasteiger partial charge on any atom is -0.456 e. The fourth-order valence-corrected chi connectivity index (χ4v) is 10.5. The summed E-state index contributed by atoms with van der Waals surface area (Å²) in [4.78, 5) is 2.34. The predicted octanol–water partition coefficient (Wildman–Crippen LogP) is 17.8. The average molecular weight is 822 g/mol. The Hall–Kier alpha value is -7.98. The van der Waals surface area contributed by atoms with Gasteiger partial charge >= 0.3 is 0 Å². The lowest BCUT2D eigenvalue weighted by atomic mass is 9.94. The van der Waals surface area contributed by atoms with E-state index in [-0.39, 0.29) is 0 Å². The van der Waals surface area contributed by atoms with Gasteiger partial charge in [-0.05, 0) is 111 Å². The van der Waals surface area contributed by atoms with Crippen molar-refractivity contribution in [1.82, 2.24) is 0 Å². The second kappa shape index (κ2) is 15.5. The molecule has 0 radical (unpaired) electrons. The minimum absolute atomic E-state index is 0.878. The van der Waals surface area contributed by atoms with Gasteiger partial charge in [0.15, 0.2) is 0 Å². The fraction of sp³-hybridized carbons (Fsp3) is 0. The highest BCUT2D eigenvalue weighted by Crippen LogP contribution is 2.45. The molecule has 3 heteroatoms. The van der Waals surface area contributed by atoms with Gasteiger partial charge in [-0.3, -0.25) is 0 Å². The number of fused-ring (bicyclic) bond motifs is 6. The van der Waals surface area contributed by atoms with Crippen LogP contribution in [0.3, 0.4) is 0 Å². The van der Waals surface area contributed by atoms with Gasteiger partial charge in [-0.1, -0.05) is 170 Å². The molecule has 63 heavy (non-hydrogen) atoms. The SMILES string of the molecule is c1ccc(-c2ccccc2N(c2ccccc2)c2ccc(-c3ccc4c(c3)oc3cccc(-c5ccc(-c6cc(-c7ccccc7)c7sc8ccccc8c7c6)cc5)c34)cc2)cc1. The topological polar surface area (TPSA) is 16.4 Å². The van der Waals surface area contributed by atoms with Crippen LogP contribution in [0.5, 0.6) is 0 Å². The summed E-state index contributed by atoms with van der Waals surface area (Å²) in [5, 5.41) is 4.86. The van der Waals surface area contributed by atoms with E-state index in [2.05, 4.69) is 241 Å². The van der Waals surface area contributed by atoms with Crippen molar-refractivity contribution in [2.24, 2.45) is 0 Å². The molecular weight excluding hydrogens is 783 g/mol. The Morgan fingerprint density at radius 1 is 0.317 bits per heavy atom. The second-order valence-corrected chi connectivity index (χ2v) is 17.1. The van der Waals surface area contributed by atoms with Crippen LogP contribution in [0.1, 0.15) is 0 Å². The summed E-state index contributed by atoms with van der Waals surface area (Å²) in [5.41, 5.74) is 16.9. The first-order valence-corrected chi connectivity index (χ1v) is 22.2. The van der Waals surface area contributed by atoms with Crippen LogP contribution in [0.4, 0.5) is 17.1 Å². The van der Waals surface area contributed by atoms with Gasteiger partial charge in [0.05, 0.1) is 5.69 Å². The van der Waals surface area contributed by atoms with E-state index in [9.17, 15) is 0 Å². The molecule has 0 unspecified atom stereocenters. The molecule has 0 aliphatic heterocycles. The number of hydrogen-bond donors (Lipinski definition) is 0. The summed E-state index contributed by atoms with van der Waals surface area (Å²) >= 11 is 1.88. The minimum atomic E-state index is 0.878. The van der Waals surface area contributed by atoms with Crippen LogP contribution in [-0.4, -0.2) is 0 Å². The first-order chi connectivity index (χ1) is 31.2. The Morgan fingerprint density at radius 3 is 1.67 bits per heavy atom. The summed E-state index contributed by atoms with van der Waals surface area (Å²) in [6.45, 7) is 0. The van der Waals surface area contributed by atoms with E-state index in [1.807, 2.05) is 11.3 Å². The second-order valence-electron chi connectivity index (χ2n) is 16.0. The molecule has 0 saturated heterocycles. The molecule has 0 N–H and O–H groups in total. The Kier molecular flexibility index (Phi) is 9.06. The third-order valence-electron chi connectivity index (χ3n) is 12.3. The van der Waals surface area contributed by atoms with E-state index >= 15 is 0 Å². The number of nitrogens with zero attached hydrogens (tertiary/aromatic N) is 1. The first kappa shape index (κ1) is 36.8. The van der Waals surface area contributed by atoms with Crippen molar-refractivity contribution < 1.29 is 4.42 Å². The molecule has 0 aliphatic carbocycles. The number of thiophene rings is 1. The van der Waals surface area contributed by atoms with Crippen LogP contribution in [0.2, 0.25) is 0 Å². The number of anilines is 3.